The normalized spacial score (nSPS) is 24.6. The third-order valence-corrected chi connectivity index (χ3v) is 2.49. The summed E-state index contributed by atoms with van der Waals surface area (Å²) in [5.41, 5.74) is 0.791. The van der Waals surface area contributed by atoms with E-state index in [0.717, 1.165) is 11.3 Å². The number of para-hydroxylation sites is 1. The zero-order valence-corrected chi connectivity index (χ0v) is 7.68. The van der Waals surface area contributed by atoms with Gasteiger partial charge in [-0.15, -0.1) is 0 Å². The molecule has 0 unspecified atom stereocenters. The van der Waals surface area contributed by atoms with E-state index in [1.807, 2.05) is 24.3 Å². The second-order valence-electron chi connectivity index (χ2n) is 3.42. The van der Waals surface area contributed by atoms with Gasteiger partial charge in [0, 0.05) is 17.9 Å². The minimum Gasteiger partial charge on any atom is -0.493 e. The van der Waals surface area contributed by atoms with Crippen molar-refractivity contribution in [1.82, 2.24) is 0 Å². The van der Waals surface area contributed by atoms with Gasteiger partial charge in [-0.1, -0.05) is 18.2 Å². The van der Waals surface area contributed by atoms with Crippen LogP contribution in [0.2, 0.25) is 0 Å². The highest BCUT2D eigenvalue weighted by molar-refractivity contribution is 5.37. The molecule has 0 radical (unpaired) electrons. The molecule has 0 saturated carbocycles. The number of rotatable bonds is 1. The van der Waals surface area contributed by atoms with E-state index in [2.05, 4.69) is 6.07 Å². The lowest BCUT2D eigenvalue weighted by atomic mass is 9.91. The van der Waals surface area contributed by atoms with Crippen molar-refractivity contribution >= 4 is 0 Å². The van der Waals surface area contributed by atoms with Gasteiger partial charge in [0.25, 0.3) is 0 Å². The Morgan fingerprint density at radius 3 is 3.07 bits per heavy atom. The van der Waals surface area contributed by atoms with E-state index in [4.69, 9.17) is 10.00 Å². The average Bonchev–Trinajstić information content (AvgIpc) is 2.23. The quantitative estimate of drug-likeness (QED) is 0.730. The topological polar surface area (TPSA) is 53.2 Å². The summed E-state index contributed by atoms with van der Waals surface area (Å²) in [5, 5.41) is 18.5. The van der Waals surface area contributed by atoms with Gasteiger partial charge in [0.15, 0.2) is 0 Å². The lowest BCUT2D eigenvalue weighted by Crippen LogP contribution is -2.25. The molecule has 0 aromatic heterocycles. The molecule has 1 aliphatic heterocycles. The van der Waals surface area contributed by atoms with Crippen LogP contribution in [-0.4, -0.2) is 11.7 Å². The smallest absolute Gasteiger partial charge is 0.125 e. The predicted octanol–water partition coefficient (Wildman–Crippen LogP) is 1.64. The van der Waals surface area contributed by atoms with Gasteiger partial charge in [-0.2, -0.15) is 5.26 Å². The fourth-order valence-corrected chi connectivity index (χ4v) is 1.69. The first kappa shape index (κ1) is 9.04. The molecular weight excluding hydrogens is 178 g/mol. The monoisotopic (exact) mass is 189 g/mol. The van der Waals surface area contributed by atoms with Crippen LogP contribution in [0.15, 0.2) is 24.3 Å². The molecule has 2 atom stereocenters. The number of benzene rings is 1. The van der Waals surface area contributed by atoms with Crippen LogP contribution < -0.4 is 4.74 Å². The van der Waals surface area contributed by atoms with E-state index in [1.165, 1.54) is 0 Å². The zero-order valence-electron chi connectivity index (χ0n) is 7.68. The van der Waals surface area contributed by atoms with Crippen LogP contribution in [-0.2, 0) is 0 Å². The Bertz CT molecular complexity index is 370. The van der Waals surface area contributed by atoms with Crippen LogP contribution in [0.1, 0.15) is 18.1 Å². The first-order valence-electron chi connectivity index (χ1n) is 4.59. The molecule has 1 aliphatic rings. The van der Waals surface area contributed by atoms with E-state index < -0.39 is 6.10 Å². The first-order valence-corrected chi connectivity index (χ1v) is 4.59. The molecule has 0 aliphatic carbocycles. The van der Waals surface area contributed by atoms with Crippen molar-refractivity contribution in [1.29, 1.82) is 5.26 Å². The summed E-state index contributed by atoms with van der Waals surface area (Å²) >= 11 is 0. The minimum absolute atomic E-state index is 0.102. The standard InChI is InChI=1S/C11H11NO2/c12-6-5-8-7-14-10-4-2-1-3-9(10)11(8)13/h1-4,8,11,13H,5,7H2/t8-,11-/m0/s1. The largest absolute Gasteiger partial charge is 0.493 e. The van der Waals surface area contributed by atoms with Crippen LogP contribution in [0.5, 0.6) is 5.75 Å². The molecule has 1 N–H and O–H groups in total. The maximum Gasteiger partial charge on any atom is 0.125 e. The third kappa shape index (κ3) is 1.45. The number of fused-ring (bicyclic) bond motifs is 1. The Balaban J connectivity index is 2.28. The van der Waals surface area contributed by atoms with Crippen molar-refractivity contribution in [3.63, 3.8) is 0 Å². The zero-order chi connectivity index (χ0) is 9.97. The fraction of sp³-hybridized carbons (Fsp3) is 0.364. The van der Waals surface area contributed by atoms with Gasteiger partial charge >= 0.3 is 0 Å². The number of hydrogen-bond acceptors (Lipinski definition) is 3. The Morgan fingerprint density at radius 2 is 2.29 bits per heavy atom. The Morgan fingerprint density at radius 1 is 1.50 bits per heavy atom. The summed E-state index contributed by atoms with van der Waals surface area (Å²) in [4.78, 5) is 0. The molecule has 1 aromatic carbocycles. The summed E-state index contributed by atoms with van der Waals surface area (Å²) in [6, 6.07) is 9.46. The van der Waals surface area contributed by atoms with Crippen molar-refractivity contribution < 1.29 is 9.84 Å². The summed E-state index contributed by atoms with van der Waals surface area (Å²) in [7, 11) is 0. The third-order valence-electron chi connectivity index (χ3n) is 2.49. The van der Waals surface area contributed by atoms with E-state index in [-0.39, 0.29) is 5.92 Å². The molecule has 3 heteroatoms. The van der Waals surface area contributed by atoms with Crippen molar-refractivity contribution in [2.45, 2.75) is 12.5 Å². The van der Waals surface area contributed by atoms with Gasteiger partial charge in [-0.25, -0.2) is 0 Å². The SMILES string of the molecule is N#CC[C@H]1COc2ccccc2[C@H]1O. The molecule has 14 heavy (non-hydrogen) atoms. The lowest BCUT2D eigenvalue weighted by Gasteiger charge is -2.28. The summed E-state index contributed by atoms with van der Waals surface area (Å²) in [6.45, 7) is 0.422. The molecule has 0 spiro atoms. The average molecular weight is 189 g/mol. The van der Waals surface area contributed by atoms with Crippen molar-refractivity contribution in [3.8, 4) is 11.8 Å². The molecule has 1 aromatic rings. The fourth-order valence-electron chi connectivity index (χ4n) is 1.69. The van der Waals surface area contributed by atoms with Gasteiger partial charge in [0.05, 0.1) is 18.8 Å². The Labute approximate surface area is 82.6 Å². The van der Waals surface area contributed by atoms with Gasteiger partial charge in [-0.05, 0) is 6.07 Å². The number of ether oxygens (including phenoxy) is 1. The van der Waals surface area contributed by atoms with Gasteiger partial charge in [0.2, 0.25) is 0 Å². The van der Waals surface area contributed by atoms with Crippen molar-refractivity contribution in [2.24, 2.45) is 5.92 Å². The van der Waals surface area contributed by atoms with Crippen LogP contribution in [0.3, 0.4) is 0 Å². The molecule has 1 heterocycles. The first-order chi connectivity index (χ1) is 6.83. The van der Waals surface area contributed by atoms with Gasteiger partial charge < -0.3 is 9.84 Å². The van der Waals surface area contributed by atoms with Crippen LogP contribution in [0.4, 0.5) is 0 Å². The summed E-state index contributed by atoms with van der Waals surface area (Å²) in [6.07, 6.45) is -0.241. The summed E-state index contributed by atoms with van der Waals surface area (Å²) in [5.74, 6) is 0.629. The maximum absolute atomic E-state index is 9.92. The maximum atomic E-state index is 9.92. The van der Waals surface area contributed by atoms with Gasteiger partial charge in [-0.3, -0.25) is 0 Å². The number of nitriles is 1. The van der Waals surface area contributed by atoms with Crippen LogP contribution >= 0.6 is 0 Å². The molecule has 0 bridgehead atoms. The number of aliphatic hydroxyl groups excluding tert-OH is 1. The predicted molar refractivity (Wildman–Crippen MR) is 50.6 cm³/mol. The molecule has 0 amide bonds. The number of hydrogen-bond donors (Lipinski definition) is 1. The van der Waals surface area contributed by atoms with E-state index in [9.17, 15) is 5.11 Å². The Hall–Kier alpha value is -1.53. The summed E-state index contributed by atoms with van der Waals surface area (Å²) < 4.78 is 5.45. The minimum atomic E-state index is -0.570. The van der Waals surface area contributed by atoms with E-state index in [0.29, 0.717) is 13.0 Å². The molecule has 2 rings (SSSR count). The Kier molecular flexibility index (Phi) is 2.38. The molecule has 0 fully saturated rings. The lowest BCUT2D eigenvalue weighted by molar-refractivity contribution is 0.0530. The van der Waals surface area contributed by atoms with Gasteiger partial charge in [0.1, 0.15) is 5.75 Å². The van der Waals surface area contributed by atoms with E-state index >= 15 is 0 Å². The highest BCUT2D eigenvalue weighted by Gasteiger charge is 2.28. The second kappa shape index (κ2) is 3.69. The molecule has 72 valence electrons. The number of nitrogens with zero attached hydrogens (tertiary/aromatic N) is 1. The van der Waals surface area contributed by atoms with Crippen molar-refractivity contribution in [3.05, 3.63) is 29.8 Å². The molecule has 3 nitrogen and oxygen atoms in total. The van der Waals surface area contributed by atoms with Crippen molar-refractivity contribution in [2.75, 3.05) is 6.61 Å². The van der Waals surface area contributed by atoms with Crippen LogP contribution in [0.25, 0.3) is 0 Å². The highest BCUT2D eigenvalue weighted by atomic mass is 16.5. The second-order valence-corrected chi connectivity index (χ2v) is 3.42. The van der Waals surface area contributed by atoms with E-state index in [1.54, 1.807) is 0 Å². The number of aliphatic hydroxyl groups is 1. The molecular formula is C11H11NO2. The molecule has 0 saturated heterocycles. The highest BCUT2D eigenvalue weighted by Crippen LogP contribution is 2.36. The van der Waals surface area contributed by atoms with Crippen LogP contribution in [0, 0.1) is 17.2 Å².